The second-order valence-electron chi connectivity index (χ2n) is 8.26. The zero-order chi connectivity index (χ0) is 23.7. The van der Waals surface area contributed by atoms with Crippen molar-refractivity contribution in [3.8, 4) is 22.8 Å². The fourth-order valence-electron chi connectivity index (χ4n) is 3.76. The number of furan rings is 1. The van der Waals surface area contributed by atoms with Crippen LogP contribution in [0.5, 0.6) is 0 Å². The van der Waals surface area contributed by atoms with Crippen molar-refractivity contribution in [1.29, 1.82) is 0 Å². The van der Waals surface area contributed by atoms with Crippen LogP contribution in [0.25, 0.3) is 33.9 Å². The van der Waals surface area contributed by atoms with Gasteiger partial charge in [0, 0.05) is 21.8 Å². The number of hydrogen-bond acceptors (Lipinski definition) is 4. The third-order valence-corrected chi connectivity index (χ3v) is 6.17. The largest absolute Gasteiger partial charge is 0.451 e. The lowest BCUT2D eigenvalue weighted by Gasteiger charge is -2.07. The Kier molecular flexibility index (Phi) is 5.95. The molecule has 0 spiro atoms. The number of carbonyl (C=O) groups is 1. The van der Waals surface area contributed by atoms with Crippen molar-refractivity contribution in [1.82, 2.24) is 4.98 Å². The Bertz CT molecular complexity index is 1470. The van der Waals surface area contributed by atoms with Crippen molar-refractivity contribution >= 4 is 34.3 Å². The van der Waals surface area contributed by atoms with E-state index in [0.29, 0.717) is 28.3 Å². The van der Waals surface area contributed by atoms with Crippen LogP contribution in [0.4, 0.5) is 5.69 Å². The normalized spacial score (nSPS) is 12.1. The number of aromatic nitrogens is 1. The van der Waals surface area contributed by atoms with E-state index in [0.717, 1.165) is 28.6 Å². The van der Waals surface area contributed by atoms with Crippen molar-refractivity contribution in [3.63, 3.8) is 0 Å². The number of fused-ring (bicyclic) bond motifs is 1. The highest BCUT2D eigenvalue weighted by molar-refractivity contribution is 6.30. The molecule has 0 radical (unpaired) electrons. The van der Waals surface area contributed by atoms with Crippen LogP contribution in [0.15, 0.2) is 87.7 Å². The quantitative estimate of drug-likeness (QED) is 0.271. The number of nitrogens with one attached hydrogen (secondary N) is 1. The second-order valence-corrected chi connectivity index (χ2v) is 8.70. The maximum absolute atomic E-state index is 12.8. The van der Waals surface area contributed by atoms with Crippen molar-refractivity contribution in [2.45, 2.75) is 26.2 Å². The summed E-state index contributed by atoms with van der Waals surface area (Å²) in [5, 5.41) is 3.53. The molecule has 0 saturated heterocycles. The Balaban J connectivity index is 1.35. The van der Waals surface area contributed by atoms with E-state index >= 15 is 0 Å². The molecule has 0 aliphatic carbocycles. The molecule has 0 bridgehead atoms. The van der Waals surface area contributed by atoms with Crippen molar-refractivity contribution in [2.24, 2.45) is 0 Å². The topological polar surface area (TPSA) is 68.3 Å². The minimum absolute atomic E-state index is 0.217. The summed E-state index contributed by atoms with van der Waals surface area (Å²) in [6.07, 6.45) is 1.06. The summed E-state index contributed by atoms with van der Waals surface area (Å²) < 4.78 is 11.7. The van der Waals surface area contributed by atoms with Crippen LogP contribution in [0, 0.1) is 0 Å². The highest BCUT2D eigenvalue weighted by Crippen LogP contribution is 2.29. The average molecular weight is 471 g/mol. The van der Waals surface area contributed by atoms with Crippen LogP contribution in [-0.2, 0) is 0 Å². The van der Waals surface area contributed by atoms with Crippen LogP contribution in [0.3, 0.4) is 0 Å². The highest BCUT2D eigenvalue weighted by atomic mass is 35.5. The monoisotopic (exact) mass is 470 g/mol. The van der Waals surface area contributed by atoms with Gasteiger partial charge in [-0.3, -0.25) is 4.79 Å². The van der Waals surface area contributed by atoms with Gasteiger partial charge in [-0.15, -0.1) is 0 Å². The number of carbonyl (C=O) groups excluding carboxylic acids is 1. The summed E-state index contributed by atoms with van der Waals surface area (Å²) in [6.45, 7) is 4.37. The van der Waals surface area contributed by atoms with Crippen molar-refractivity contribution < 1.29 is 13.6 Å². The van der Waals surface area contributed by atoms with E-state index < -0.39 is 0 Å². The van der Waals surface area contributed by atoms with E-state index in [4.69, 9.17) is 20.4 Å². The SMILES string of the molecule is CC[C@@H](C)c1ccc2oc(-c3cccc(NC(=O)c4ccc(-c5ccc(Cl)cc5)o4)c3)nc2c1. The predicted octanol–water partition coefficient (Wildman–Crippen LogP) is 8.17. The summed E-state index contributed by atoms with van der Waals surface area (Å²) in [5.74, 6) is 1.45. The molecule has 34 heavy (non-hydrogen) atoms. The molecule has 0 aliphatic rings. The molecule has 2 aromatic heterocycles. The van der Waals surface area contributed by atoms with Crippen LogP contribution < -0.4 is 5.32 Å². The van der Waals surface area contributed by atoms with E-state index in [1.807, 2.05) is 42.5 Å². The van der Waals surface area contributed by atoms with Crippen LogP contribution in [0.2, 0.25) is 5.02 Å². The number of benzene rings is 3. The first-order valence-electron chi connectivity index (χ1n) is 11.2. The molecule has 0 aliphatic heterocycles. The summed E-state index contributed by atoms with van der Waals surface area (Å²) in [5.41, 5.74) is 5.05. The molecule has 6 heteroatoms. The maximum atomic E-state index is 12.8. The third kappa shape index (κ3) is 4.47. The zero-order valence-electron chi connectivity index (χ0n) is 18.8. The van der Waals surface area contributed by atoms with Crippen LogP contribution >= 0.6 is 11.6 Å². The molecule has 5 rings (SSSR count). The summed E-state index contributed by atoms with van der Waals surface area (Å²) in [7, 11) is 0. The van der Waals surface area contributed by atoms with E-state index in [2.05, 4.69) is 36.3 Å². The molecular formula is C28H23ClN2O3. The molecular weight excluding hydrogens is 448 g/mol. The minimum atomic E-state index is -0.340. The van der Waals surface area contributed by atoms with Crippen molar-refractivity contribution in [3.05, 3.63) is 95.2 Å². The molecule has 2 heterocycles. The maximum Gasteiger partial charge on any atom is 0.291 e. The Morgan fingerprint density at radius 3 is 2.59 bits per heavy atom. The van der Waals surface area contributed by atoms with E-state index in [9.17, 15) is 4.79 Å². The van der Waals surface area contributed by atoms with Gasteiger partial charge in [0.05, 0.1) is 0 Å². The molecule has 5 nitrogen and oxygen atoms in total. The number of anilines is 1. The van der Waals surface area contributed by atoms with Gasteiger partial charge in [-0.1, -0.05) is 37.6 Å². The molecule has 1 N–H and O–H groups in total. The van der Waals surface area contributed by atoms with Gasteiger partial charge in [-0.2, -0.15) is 0 Å². The van der Waals surface area contributed by atoms with Gasteiger partial charge in [-0.25, -0.2) is 4.98 Å². The number of oxazole rings is 1. The van der Waals surface area contributed by atoms with Gasteiger partial charge in [0.2, 0.25) is 5.89 Å². The van der Waals surface area contributed by atoms with Gasteiger partial charge < -0.3 is 14.2 Å². The molecule has 0 saturated carbocycles. The lowest BCUT2D eigenvalue weighted by molar-refractivity contribution is 0.0997. The second kappa shape index (κ2) is 9.20. The Morgan fingerprint density at radius 1 is 0.971 bits per heavy atom. The summed E-state index contributed by atoms with van der Waals surface area (Å²) in [6, 6.07) is 24.2. The van der Waals surface area contributed by atoms with Gasteiger partial charge in [-0.05, 0) is 84.6 Å². The standard InChI is InChI=1S/C28H23ClN2O3/c1-3-17(2)19-9-12-25-23(16-19)31-28(34-25)20-5-4-6-22(15-20)30-27(32)26-14-13-24(33-26)18-7-10-21(29)11-8-18/h4-17H,3H2,1-2H3,(H,30,32)/t17-/m1/s1. The smallest absolute Gasteiger partial charge is 0.291 e. The Labute approximate surface area is 202 Å². The third-order valence-electron chi connectivity index (χ3n) is 5.92. The number of rotatable bonds is 6. The number of nitrogens with zero attached hydrogens (tertiary/aromatic N) is 1. The average Bonchev–Trinajstić information content (AvgIpc) is 3.51. The molecule has 3 aromatic carbocycles. The summed E-state index contributed by atoms with van der Waals surface area (Å²) in [4.78, 5) is 17.4. The van der Waals surface area contributed by atoms with Gasteiger partial charge >= 0.3 is 0 Å². The minimum Gasteiger partial charge on any atom is -0.451 e. The predicted molar refractivity (Wildman–Crippen MR) is 135 cm³/mol. The fraction of sp³-hybridized carbons (Fsp3) is 0.143. The molecule has 0 fully saturated rings. The lowest BCUT2D eigenvalue weighted by atomic mass is 9.98. The molecule has 1 atom stereocenters. The van der Waals surface area contributed by atoms with E-state index in [1.165, 1.54) is 5.56 Å². The fourth-order valence-corrected chi connectivity index (χ4v) is 3.89. The molecule has 1 amide bonds. The first kappa shape index (κ1) is 22.0. The zero-order valence-corrected chi connectivity index (χ0v) is 19.6. The summed E-state index contributed by atoms with van der Waals surface area (Å²) >= 11 is 5.94. The first-order chi connectivity index (χ1) is 16.5. The van der Waals surface area contributed by atoms with Crippen molar-refractivity contribution in [2.75, 3.05) is 5.32 Å². The molecule has 170 valence electrons. The first-order valence-corrected chi connectivity index (χ1v) is 11.6. The van der Waals surface area contributed by atoms with E-state index in [1.54, 1.807) is 24.3 Å². The molecule has 0 unspecified atom stereocenters. The van der Waals surface area contributed by atoms with Gasteiger partial charge in [0.1, 0.15) is 11.3 Å². The highest BCUT2D eigenvalue weighted by Gasteiger charge is 2.15. The Morgan fingerprint density at radius 2 is 1.79 bits per heavy atom. The number of halogens is 1. The van der Waals surface area contributed by atoms with E-state index in [-0.39, 0.29) is 11.7 Å². The number of hydrogen-bond donors (Lipinski definition) is 1. The Hall–Kier alpha value is -3.83. The van der Waals surface area contributed by atoms with Crippen LogP contribution in [-0.4, -0.2) is 10.9 Å². The number of amides is 1. The van der Waals surface area contributed by atoms with Gasteiger partial charge in [0.25, 0.3) is 5.91 Å². The lowest BCUT2D eigenvalue weighted by Crippen LogP contribution is -2.10. The molecule has 5 aromatic rings. The van der Waals surface area contributed by atoms with Gasteiger partial charge in [0.15, 0.2) is 11.3 Å². The van der Waals surface area contributed by atoms with Crippen LogP contribution in [0.1, 0.15) is 42.3 Å².